The van der Waals surface area contributed by atoms with E-state index in [9.17, 15) is 18.5 Å². The van der Waals surface area contributed by atoms with E-state index in [0.717, 1.165) is 11.3 Å². The summed E-state index contributed by atoms with van der Waals surface area (Å²) in [7, 11) is -3.70. The molecule has 3 rings (SSSR count). The number of nitro benzene ring substituents is 1. The molecule has 134 valence electrons. The van der Waals surface area contributed by atoms with Gasteiger partial charge in [0.25, 0.3) is 5.69 Å². The third-order valence-electron chi connectivity index (χ3n) is 3.77. The Balaban J connectivity index is 1.59. The molecule has 0 radical (unpaired) electrons. The topological polar surface area (TPSA) is 107 Å². The van der Waals surface area contributed by atoms with Gasteiger partial charge in [-0.25, -0.2) is 17.8 Å². The second-order valence-electron chi connectivity index (χ2n) is 5.52. The largest absolute Gasteiger partial charge is 0.269 e. The number of nitrogens with one attached hydrogen (secondary N) is 1. The maximum atomic E-state index is 12.2. The quantitative estimate of drug-likeness (QED) is 0.506. The highest BCUT2D eigenvalue weighted by Gasteiger charge is 2.15. The van der Waals surface area contributed by atoms with Crippen molar-refractivity contribution >= 4 is 15.7 Å². The number of hydrogen-bond donors (Lipinski definition) is 1. The zero-order valence-corrected chi connectivity index (χ0v) is 14.5. The van der Waals surface area contributed by atoms with Crippen molar-refractivity contribution in [1.82, 2.24) is 14.5 Å². The molecule has 2 aromatic carbocycles. The summed E-state index contributed by atoms with van der Waals surface area (Å²) in [6, 6.07) is 14.3. The van der Waals surface area contributed by atoms with Crippen LogP contribution in [0.5, 0.6) is 0 Å². The fraction of sp³-hybridized carbons (Fsp3) is 0.118. The number of nitro groups is 1. The second kappa shape index (κ2) is 7.46. The average Bonchev–Trinajstić information content (AvgIpc) is 3.17. The lowest BCUT2D eigenvalue weighted by Crippen LogP contribution is -2.26. The third-order valence-corrected chi connectivity index (χ3v) is 5.25. The molecule has 0 unspecified atom stereocenters. The second-order valence-corrected chi connectivity index (χ2v) is 7.28. The Kier molecular flexibility index (Phi) is 5.10. The number of rotatable bonds is 7. The first-order chi connectivity index (χ1) is 12.5. The van der Waals surface area contributed by atoms with Gasteiger partial charge in [0.05, 0.1) is 15.5 Å². The molecule has 1 heterocycles. The van der Waals surface area contributed by atoms with Crippen molar-refractivity contribution in [3.05, 3.63) is 82.7 Å². The van der Waals surface area contributed by atoms with Gasteiger partial charge in [-0.1, -0.05) is 12.1 Å². The van der Waals surface area contributed by atoms with Crippen LogP contribution in [0.3, 0.4) is 0 Å². The van der Waals surface area contributed by atoms with Crippen molar-refractivity contribution in [3.63, 3.8) is 0 Å². The molecule has 0 aliphatic rings. The van der Waals surface area contributed by atoms with Gasteiger partial charge in [0, 0.05) is 31.1 Å². The van der Waals surface area contributed by atoms with Crippen LogP contribution in [0.4, 0.5) is 5.69 Å². The van der Waals surface area contributed by atoms with Gasteiger partial charge in [0.2, 0.25) is 10.0 Å². The van der Waals surface area contributed by atoms with Crippen LogP contribution in [0.15, 0.2) is 71.9 Å². The minimum atomic E-state index is -3.70. The van der Waals surface area contributed by atoms with Crippen LogP contribution >= 0.6 is 0 Å². The first-order valence-electron chi connectivity index (χ1n) is 7.79. The molecule has 0 amide bonds. The van der Waals surface area contributed by atoms with Crippen molar-refractivity contribution in [1.29, 1.82) is 0 Å². The van der Waals surface area contributed by atoms with Crippen molar-refractivity contribution in [2.75, 3.05) is 6.54 Å². The first-order valence-corrected chi connectivity index (χ1v) is 9.27. The predicted octanol–water partition coefficient (Wildman–Crippen LogP) is 2.30. The van der Waals surface area contributed by atoms with Gasteiger partial charge in [-0.3, -0.25) is 10.1 Å². The molecule has 0 aliphatic carbocycles. The highest BCUT2D eigenvalue weighted by atomic mass is 32.2. The first kappa shape index (κ1) is 17.8. The summed E-state index contributed by atoms with van der Waals surface area (Å²) >= 11 is 0. The molecular weight excluding hydrogens is 356 g/mol. The Labute approximate surface area is 150 Å². The number of non-ortho nitro benzene ring substituents is 1. The zero-order chi connectivity index (χ0) is 18.6. The molecule has 0 saturated carbocycles. The van der Waals surface area contributed by atoms with E-state index in [1.165, 1.54) is 24.3 Å². The van der Waals surface area contributed by atoms with E-state index in [4.69, 9.17) is 0 Å². The molecule has 0 bridgehead atoms. The minimum Gasteiger partial charge on any atom is -0.258 e. The number of hydrogen-bond acceptors (Lipinski definition) is 5. The number of sulfonamides is 1. The highest BCUT2D eigenvalue weighted by molar-refractivity contribution is 7.89. The smallest absolute Gasteiger partial charge is 0.258 e. The van der Waals surface area contributed by atoms with E-state index < -0.39 is 14.9 Å². The van der Waals surface area contributed by atoms with E-state index in [1.807, 2.05) is 36.5 Å². The zero-order valence-electron chi connectivity index (χ0n) is 13.6. The molecule has 0 aliphatic heterocycles. The van der Waals surface area contributed by atoms with E-state index in [2.05, 4.69) is 9.82 Å². The number of nitrogens with zero attached hydrogens (tertiary/aromatic N) is 3. The van der Waals surface area contributed by atoms with Gasteiger partial charge in [-0.2, -0.15) is 5.10 Å². The van der Waals surface area contributed by atoms with Crippen molar-refractivity contribution in [2.45, 2.75) is 11.3 Å². The van der Waals surface area contributed by atoms with E-state index >= 15 is 0 Å². The normalized spacial score (nSPS) is 11.4. The standard InChI is InChI=1S/C17H16N4O4S/c22-21(23)16-6-8-17(9-7-16)26(24,25)19-12-10-14-2-4-15(5-3-14)20-13-1-11-18-20/h1-9,11,13,19H,10,12H2. The Hall–Kier alpha value is -3.04. The van der Waals surface area contributed by atoms with Gasteiger partial charge >= 0.3 is 0 Å². The highest BCUT2D eigenvalue weighted by Crippen LogP contribution is 2.15. The van der Waals surface area contributed by atoms with Crippen molar-refractivity contribution in [3.8, 4) is 5.69 Å². The van der Waals surface area contributed by atoms with Gasteiger partial charge < -0.3 is 0 Å². The fourth-order valence-electron chi connectivity index (χ4n) is 2.40. The lowest BCUT2D eigenvalue weighted by Gasteiger charge is -2.07. The van der Waals surface area contributed by atoms with Crippen LogP contribution in [-0.4, -0.2) is 29.7 Å². The lowest BCUT2D eigenvalue weighted by molar-refractivity contribution is -0.384. The molecule has 3 aromatic rings. The van der Waals surface area contributed by atoms with E-state index in [-0.39, 0.29) is 17.1 Å². The van der Waals surface area contributed by atoms with Crippen LogP contribution in [-0.2, 0) is 16.4 Å². The molecule has 1 aromatic heterocycles. The van der Waals surface area contributed by atoms with Crippen LogP contribution in [0.2, 0.25) is 0 Å². The number of benzene rings is 2. The van der Waals surface area contributed by atoms with E-state index in [0.29, 0.717) is 6.42 Å². The summed E-state index contributed by atoms with van der Waals surface area (Å²) in [6.45, 7) is 0.223. The Morgan fingerprint density at radius 1 is 1.08 bits per heavy atom. The molecule has 0 fully saturated rings. The summed E-state index contributed by atoms with van der Waals surface area (Å²) in [5.41, 5.74) is 1.75. The third kappa shape index (κ3) is 4.13. The van der Waals surface area contributed by atoms with Crippen molar-refractivity contribution in [2.24, 2.45) is 0 Å². The van der Waals surface area contributed by atoms with Crippen LogP contribution in [0.1, 0.15) is 5.56 Å². The predicted molar refractivity (Wildman–Crippen MR) is 95.6 cm³/mol. The summed E-state index contributed by atoms with van der Waals surface area (Å²) < 4.78 is 28.7. The molecule has 0 atom stereocenters. The molecule has 26 heavy (non-hydrogen) atoms. The summed E-state index contributed by atoms with van der Waals surface area (Å²) in [6.07, 6.45) is 4.06. The molecule has 8 nitrogen and oxygen atoms in total. The van der Waals surface area contributed by atoms with Crippen molar-refractivity contribution < 1.29 is 13.3 Å². The molecule has 9 heteroatoms. The van der Waals surface area contributed by atoms with E-state index in [1.54, 1.807) is 10.9 Å². The van der Waals surface area contributed by atoms with Crippen LogP contribution < -0.4 is 4.72 Å². The minimum absolute atomic E-state index is 0.00266. The summed E-state index contributed by atoms with van der Waals surface area (Å²) in [4.78, 5) is 10.0. The Morgan fingerprint density at radius 3 is 2.35 bits per heavy atom. The lowest BCUT2D eigenvalue weighted by atomic mass is 10.1. The number of aromatic nitrogens is 2. The fourth-order valence-corrected chi connectivity index (χ4v) is 3.43. The molecule has 1 N–H and O–H groups in total. The maximum Gasteiger partial charge on any atom is 0.269 e. The Bertz CT molecular complexity index is 982. The Morgan fingerprint density at radius 2 is 1.77 bits per heavy atom. The average molecular weight is 372 g/mol. The van der Waals surface area contributed by atoms with Gasteiger partial charge in [0.15, 0.2) is 0 Å². The maximum absolute atomic E-state index is 12.2. The van der Waals surface area contributed by atoms with Crippen LogP contribution in [0, 0.1) is 10.1 Å². The van der Waals surface area contributed by atoms with Gasteiger partial charge in [-0.15, -0.1) is 0 Å². The monoisotopic (exact) mass is 372 g/mol. The van der Waals surface area contributed by atoms with Crippen LogP contribution in [0.25, 0.3) is 5.69 Å². The molecule has 0 spiro atoms. The van der Waals surface area contributed by atoms with Gasteiger partial charge in [-0.05, 0) is 42.3 Å². The summed E-state index contributed by atoms with van der Waals surface area (Å²) in [5.74, 6) is 0. The molecule has 0 saturated heterocycles. The SMILES string of the molecule is O=[N+]([O-])c1ccc(S(=O)(=O)NCCc2ccc(-n3cccn3)cc2)cc1. The molecular formula is C17H16N4O4S. The van der Waals surface area contributed by atoms with Gasteiger partial charge in [0.1, 0.15) is 0 Å². The summed E-state index contributed by atoms with van der Waals surface area (Å²) in [5, 5.41) is 14.8.